The van der Waals surface area contributed by atoms with Gasteiger partial charge < -0.3 is 4.90 Å². The molecule has 2 aliphatic rings. The van der Waals surface area contributed by atoms with E-state index in [4.69, 9.17) is 0 Å². The molecule has 0 aromatic heterocycles. The van der Waals surface area contributed by atoms with Crippen molar-refractivity contribution < 1.29 is 17.6 Å². The average molecular weight is 508 g/mol. The summed E-state index contributed by atoms with van der Waals surface area (Å²) in [7, 11) is 0. The summed E-state index contributed by atoms with van der Waals surface area (Å²) in [5.41, 5.74) is 7.77. The number of halogens is 4. The second-order valence-corrected chi connectivity index (χ2v) is 10.4. The Kier molecular flexibility index (Phi) is 7.80. The smallest absolute Gasteiger partial charge is 0.303 e. The fourth-order valence-corrected chi connectivity index (χ4v) is 5.92. The van der Waals surface area contributed by atoms with Gasteiger partial charge in [-0.25, -0.2) is 0 Å². The van der Waals surface area contributed by atoms with Crippen LogP contribution in [0.15, 0.2) is 72.8 Å². The first-order chi connectivity index (χ1) is 17.9. The highest BCUT2D eigenvalue weighted by Crippen LogP contribution is 2.41. The quantitative estimate of drug-likeness (QED) is 0.280. The van der Waals surface area contributed by atoms with Crippen LogP contribution in [0.1, 0.15) is 52.6 Å². The van der Waals surface area contributed by atoms with Crippen molar-refractivity contribution in [2.24, 2.45) is 5.92 Å². The molecule has 0 radical (unpaired) electrons. The zero-order chi connectivity index (χ0) is 25.8. The number of allylic oxidation sites excluding steroid dienone is 1. The van der Waals surface area contributed by atoms with Gasteiger partial charge in [-0.3, -0.25) is 4.39 Å². The predicted octanol–water partition coefficient (Wildman–Crippen LogP) is 7.92. The van der Waals surface area contributed by atoms with Gasteiger partial charge in [0.2, 0.25) is 0 Å². The Morgan fingerprint density at radius 1 is 0.811 bits per heavy atom. The Balaban J connectivity index is 1.49. The highest BCUT2D eigenvalue weighted by molar-refractivity contribution is 6.00. The van der Waals surface area contributed by atoms with Gasteiger partial charge in [-0.05, 0) is 82.5 Å². The van der Waals surface area contributed by atoms with Crippen molar-refractivity contribution in [3.63, 3.8) is 0 Å². The first kappa shape index (κ1) is 25.7. The van der Waals surface area contributed by atoms with E-state index in [1.165, 1.54) is 11.1 Å². The summed E-state index contributed by atoms with van der Waals surface area (Å²) in [5, 5.41) is 0. The molecule has 5 heteroatoms. The number of likely N-dealkylation sites (tertiary alicyclic amines) is 1. The molecule has 0 saturated carbocycles. The molecule has 1 aliphatic carbocycles. The van der Waals surface area contributed by atoms with Crippen molar-refractivity contribution >= 4 is 11.1 Å². The SMILES string of the molecule is FCCCN1CC(Cc2ccc(C3=C(c4ccccc4CC(F)(F)F)CCCc4ccccc43)cc2)C1. The number of benzene rings is 3. The third kappa shape index (κ3) is 6.15. The van der Waals surface area contributed by atoms with Crippen LogP contribution in [-0.4, -0.2) is 37.4 Å². The summed E-state index contributed by atoms with van der Waals surface area (Å²) in [6, 6.07) is 23.9. The molecule has 0 unspecified atom stereocenters. The minimum Gasteiger partial charge on any atom is -0.303 e. The second kappa shape index (κ2) is 11.2. The molecule has 0 atom stereocenters. The highest BCUT2D eigenvalue weighted by Gasteiger charge is 2.30. The Hall–Kier alpha value is -2.92. The van der Waals surface area contributed by atoms with E-state index in [2.05, 4.69) is 41.3 Å². The lowest BCUT2D eigenvalue weighted by Crippen LogP contribution is -2.47. The first-order valence-electron chi connectivity index (χ1n) is 13.3. The molecule has 5 rings (SSSR count). The van der Waals surface area contributed by atoms with Crippen molar-refractivity contribution in [2.75, 3.05) is 26.3 Å². The summed E-state index contributed by atoms with van der Waals surface area (Å²) in [6.45, 7) is 2.60. The van der Waals surface area contributed by atoms with E-state index < -0.39 is 12.6 Å². The van der Waals surface area contributed by atoms with Gasteiger partial charge in [0.25, 0.3) is 0 Å². The molecule has 0 N–H and O–H groups in total. The highest BCUT2D eigenvalue weighted by atomic mass is 19.4. The molecular formula is C32H33F4N. The Morgan fingerprint density at radius 3 is 2.24 bits per heavy atom. The molecule has 1 fully saturated rings. The maximum absolute atomic E-state index is 13.5. The lowest BCUT2D eigenvalue weighted by molar-refractivity contribution is -0.127. The molecule has 0 amide bonds. The molecule has 3 aromatic carbocycles. The zero-order valence-corrected chi connectivity index (χ0v) is 21.0. The van der Waals surface area contributed by atoms with E-state index in [1.807, 2.05) is 24.3 Å². The molecule has 1 nitrogen and oxygen atoms in total. The van der Waals surface area contributed by atoms with Crippen LogP contribution in [0.2, 0.25) is 0 Å². The van der Waals surface area contributed by atoms with Crippen molar-refractivity contribution in [3.8, 4) is 0 Å². The number of aryl methyl sites for hydroxylation is 1. The van der Waals surface area contributed by atoms with Crippen LogP contribution >= 0.6 is 0 Å². The van der Waals surface area contributed by atoms with Crippen molar-refractivity contribution in [1.29, 1.82) is 0 Å². The molecule has 1 heterocycles. The van der Waals surface area contributed by atoms with Gasteiger partial charge in [-0.15, -0.1) is 0 Å². The zero-order valence-electron chi connectivity index (χ0n) is 21.0. The molecular weight excluding hydrogens is 474 g/mol. The lowest BCUT2D eigenvalue weighted by atomic mass is 9.85. The Morgan fingerprint density at radius 2 is 1.51 bits per heavy atom. The van der Waals surface area contributed by atoms with Crippen molar-refractivity contribution in [1.82, 2.24) is 4.90 Å². The Bertz CT molecular complexity index is 1240. The number of fused-ring (bicyclic) bond motifs is 1. The van der Waals surface area contributed by atoms with Gasteiger partial charge in [0.1, 0.15) is 0 Å². The number of hydrogen-bond acceptors (Lipinski definition) is 1. The van der Waals surface area contributed by atoms with E-state index in [0.717, 1.165) is 67.6 Å². The van der Waals surface area contributed by atoms with Gasteiger partial charge >= 0.3 is 6.18 Å². The topological polar surface area (TPSA) is 3.24 Å². The van der Waals surface area contributed by atoms with Crippen LogP contribution in [-0.2, 0) is 19.3 Å². The van der Waals surface area contributed by atoms with Crippen LogP contribution in [0.3, 0.4) is 0 Å². The Labute approximate surface area is 216 Å². The fraction of sp³-hybridized carbons (Fsp3) is 0.375. The van der Waals surface area contributed by atoms with Gasteiger partial charge in [0.05, 0.1) is 13.1 Å². The molecule has 37 heavy (non-hydrogen) atoms. The van der Waals surface area contributed by atoms with Crippen LogP contribution in [0.5, 0.6) is 0 Å². The van der Waals surface area contributed by atoms with Gasteiger partial charge in [0.15, 0.2) is 0 Å². The van der Waals surface area contributed by atoms with E-state index in [-0.39, 0.29) is 6.67 Å². The molecule has 0 spiro atoms. The van der Waals surface area contributed by atoms with Crippen LogP contribution in [0, 0.1) is 5.92 Å². The summed E-state index contributed by atoms with van der Waals surface area (Å²) in [6.07, 6.45) is -1.06. The first-order valence-corrected chi connectivity index (χ1v) is 13.3. The number of alkyl halides is 4. The number of rotatable bonds is 8. The average Bonchev–Trinajstić information content (AvgIpc) is 3.05. The van der Waals surface area contributed by atoms with E-state index in [0.29, 0.717) is 23.5 Å². The summed E-state index contributed by atoms with van der Waals surface area (Å²) in [4.78, 5) is 2.30. The van der Waals surface area contributed by atoms with Crippen LogP contribution in [0.25, 0.3) is 11.1 Å². The molecule has 1 aliphatic heterocycles. The van der Waals surface area contributed by atoms with Gasteiger partial charge in [0, 0.05) is 19.6 Å². The maximum Gasteiger partial charge on any atom is 0.393 e. The second-order valence-electron chi connectivity index (χ2n) is 10.4. The summed E-state index contributed by atoms with van der Waals surface area (Å²) >= 11 is 0. The van der Waals surface area contributed by atoms with E-state index >= 15 is 0 Å². The normalized spacial score (nSPS) is 16.9. The third-order valence-electron chi connectivity index (χ3n) is 7.60. The minimum atomic E-state index is -4.26. The molecule has 194 valence electrons. The third-order valence-corrected chi connectivity index (χ3v) is 7.60. The summed E-state index contributed by atoms with van der Waals surface area (Å²) in [5.74, 6) is 0.591. The standard InChI is InChI=1S/C32H33F4N/c33-17-6-18-37-21-24(22-37)19-23-13-15-26(16-14-23)31-29-11-4-1-7-25(29)9-5-12-30(31)28-10-3-2-8-27(28)20-32(34,35)36/h1-4,7-8,10-11,13-16,24H,5-6,9,12,17-22H2. The van der Waals surface area contributed by atoms with Crippen molar-refractivity contribution in [2.45, 2.75) is 44.7 Å². The predicted molar refractivity (Wildman–Crippen MR) is 142 cm³/mol. The minimum absolute atomic E-state index is 0.260. The van der Waals surface area contributed by atoms with Gasteiger partial charge in [-0.2, -0.15) is 13.2 Å². The molecule has 0 bridgehead atoms. The van der Waals surface area contributed by atoms with E-state index in [9.17, 15) is 17.6 Å². The largest absolute Gasteiger partial charge is 0.393 e. The van der Waals surface area contributed by atoms with Crippen LogP contribution < -0.4 is 0 Å². The number of nitrogens with zero attached hydrogens (tertiary/aromatic N) is 1. The van der Waals surface area contributed by atoms with Gasteiger partial charge in [-0.1, -0.05) is 72.8 Å². The monoisotopic (exact) mass is 507 g/mol. The van der Waals surface area contributed by atoms with E-state index in [1.54, 1.807) is 12.1 Å². The van der Waals surface area contributed by atoms with Crippen molar-refractivity contribution in [3.05, 3.63) is 106 Å². The number of hydrogen-bond donors (Lipinski definition) is 0. The maximum atomic E-state index is 13.5. The lowest BCUT2D eigenvalue weighted by Gasteiger charge is -2.39. The van der Waals surface area contributed by atoms with Crippen LogP contribution in [0.4, 0.5) is 17.6 Å². The molecule has 1 saturated heterocycles. The summed E-state index contributed by atoms with van der Waals surface area (Å²) < 4.78 is 52.8. The fourth-order valence-electron chi connectivity index (χ4n) is 5.92. The molecule has 3 aromatic rings.